The first kappa shape index (κ1) is 12.6. The zero-order chi connectivity index (χ0) is 13.1. The number of fused-ring (bicyclic) bond motifs is 1. The summed E-state index contributed by atoms with van der Waals surface area (Å²) in [6.07, 6.45) is 1.26. The van der Waals surface area contributed by atoms with Crippen LogP contribution in [0.15, 0.2) is 24.3 Å². The number of aromatic amines is 1. The van der Waals surface area contributed by atoms with Gasteiger partial charge in [-0.05, 0) is 38.2 Å². The molecule has 0 aliphatic carbocycles. The van der Waals surface area contributed by atoms with Crippen molar-refractivity contribution in [2.75, 3.05) is 32.7 Å². The van der Waals surface area contributed by atoms with Crippen molar-refractivity contribution < 1.29 is 0 Å². The highest BCUT2D eigenvalue weighted by molar-refractivity contribution is 5.74. The van der Waals surface area contributed by atoms with Crippen molar-refractivity contribution in [2.45, 2.75) is 19.9 Å². The summed E-state index contributed by atoms with van der Waals surface area (Å²) in [4.78, 5) is 13.1. The lowest BCUT2D eigenvalue weighted by atomic mass is 10.3. The number of para-hydroxylation sites is 2. The number of H-pyrrole nitrogens is 1. The number of likely N-dealkylation sites (N-methyl/N-ethyl adjacent to an activating group) is 1. The van der Waals surface area contributed by atoms with Gasteiger partial charge in [0.15, 0.2) is 0 Å². The summed E-state index contributed by atoms with van der Waals surface area (Å²) in [5.41, 5.74) is 2.21. The van der Waals surface area contributed by atoms with Crippen molar-refractivity contribution in [1.82, 2.24) is 19.8 Å². The maximum Gasteiger partial charge on any atom is 0.121 e. The fraction of sp³-hybridized carbons (Fsp3) is 0.533. The van der Waals surface area contributed by atoms with E-state index in [2.05, 4.69) is 44.9 Å². The van der Waals surface area contributed by atoms with Crippen molar-refractivity contribution in [2.24, 2.45) is 0 Å². The summed E-state index contributed by atoms with van der Waals surface area (Å²) in [5, 5.41) is 0. The number of aromatic nitrogens is 2. The van der Waals surface area contributed by atoms with Crippen molar-refractivity contribution in [3.05, 3.63) is 30.1 Å². The molecule has 4 heteroatoms. The predicted molar refractivity (Wildman–Crippen MR) is 78.1 cm³/mol. The highest BCUT2D eigenvalue weighted by Crippen LogP contribution is 2.12. The second kappa shape index (κ2) is 5.72. The van der Waals surface area contributed by atoms with Crippen molar-refractivity contribution in [3.63, 3.8) is 0 Å². The van der Waals surface area contributed by atoms with Crippen LogP contribution in [0.3, 0.4) is 0 Å². The van der Waals surface area contributed by atoms with Crippen LogP contribution >= 0.6 is 0 Å². The Kier molecular flexibility index (Phi) is 3.80. The molecule has 1 N–H and O–H groups in total. The van der Waals surface area contributed by atoms with Crippen molar-refractivity contribution >= 4 is 11.0 Å². The summed E-state index contributed by atoms with van der Waals surface area (Å²) in [6.45, 7) is 9.07. The molecule has 2 aromatic rings. The van der Waals surface area contributed by atoms with Gasteiger partial charge in [-0.2, -0.15) is 0 Å². The maximum absolute atomic E-state index is 4.67. The van der Waals surface area contributed by atoms with E-state index in [0.29, 0.717) is 0 Å². The third kappa shape index (κ3) is 2.96. The summed E-state index contributed by atoms with van der Waals surface area (Å²) >= 11 is 0. The Morgan fingerprint density at radius 1 is 1.11 bits per heavy atom. The number of imidazole rings is 1. The molecular weight excluding hydrogens is 236 g/mol. The van der Waals surface area contributed by atoms with Crippen LogP contribution in [0.2, 0.25) is 0 Å². The van der Waals surface area contributed by atoms with Gasteiger partial charge in [0.25, 0.3) is 0 Å². The first-order valence-corrected chi connectivity index (χ1v) is 7.23. The lowest BCUT2D eigenvalue weighted by Gasteiger charge is -2.19. The van der Waals surface area contributed by atoms with E-state index in [1.165, 1.54) is 32.6 Å². The molecule has 0 radical (unpaired) electrons. The van der Waals surface area contributed by atoms with E-state index in [1.807, 2.05) is 6.07 Å². The number of hydrogen-bond acceptors (Lipinski definition) is 3. The summed E-state index contributed by atoms with van der Waals surface area (Å²) in [7, 11) is 0. The van der Waals surface area contributed by atoms with Crippen LogP contribution in [0.1, 0.15) is 19.2 Å². The van der Waals surface area contributed by atoms with Crippen LogP contribution < -0.4 is 0 Å². The molecule has 0 atom stereocenters. The molecule has 1 aliphatic rings. The molecule has 1 fully saturated rings. The summed E-state index contributed by atoms with van der Waals surface area (Å²) < 4.78 is 0. The van der Waals surface area contributed by atoms with Crippen LogP contribution in [0.5, 0.6) is 0 Å². The van der Waals surface area contributed by atoms with E-state index in [9.17, 15) is 0 Å². The first-order valence-electron chi connectivity index (χ1n) is 7.23. The molecular formula is C15H22N4. The molecule has 1 aliphatic heterocycles. The molecule has 1 aromatic carbocycles. The van der Waals surface area contributed by atoms with Gasteiger partial charge in [0.1, 0.15) is 5.82 Å². The van der Waals surface area contributed by atoms with Crippen molar-refractivity contribution in [3.8, 4) is 0 Å². The Balaban J connectivity index is 1.67. The summed E-state index contributed by atoms with van der Waals surface area (Å²) in [5.74, 6) is 1.09. The Morgan fingerprint density at radius 3 is 2.74 bits per heavy atom. The average Bonchev–Trinajstić information content (AvgIpc) is 2.70. The first-order chi connectivity index (χ1) is 9.35. The lowest BCUT2D eigenvalue weighted by molar-refractivity contribution is 0.254. The fourth-order valence-corrected chi connectivity index (χ4v) is 2.79. The molecule has 0 bridgehead atoms. The zero-order valence-corrected chi connectivity index (χ0v) is 11.6. The molecule has 0 spiro atoms. The van der Waals surface area contributed by atoms with Gasteiger partial charge < -0.3 is 9.88 Å². The molecule has 2 heterocycles. The minimum absolute atomic E-state index is 0.937. The maximum atomic E-state index is 4.67. The van der Waals surface area contributed by atoms with E-state index in [0.717, 1.165) is 29.9 Å². The molecule has 0 amide bonds. The van der Waals surface area contributed by atoms with Gasteiger partial charge in [-0.15, -0.1) is 0 Å². The Hall–Kier alpha value is -1.39. The Labute approximate surface area is 114 Å². The topological polar surface area (TPSA) is 35.2 Å². The predicted octanol–water partition coefficient (Wildman–Crippen LogP) is 2.09. The third-order valence-electron chi connectivity index (χ3n) is 3.94. The molecule has 0 saturated carbocycles. The van der Waals surface area contributed by atoms with E-state index >= 15 is 0 Å². The minimum atomic E-state index is 0.937. The molecule has 4 nitrogen and oxygen atoms in total. The SMILES string of the molecule is CCN1CCCN(Cc2nc3ccccc3[nH]2)CC1. The van der Waals surface area contributed by atoms with Gasteiger partial charge in [-0.3, -0.25) is 4.90 Å². The van der Waals surface area contributed by atoms with Crippen LogP contribution in [0, 0.1) is 0 Å². The average molecular weight is 258 g/mol. The highest BCUT2D eigenvalue weighted by Gasteiger charge is 2.14. The molecule has 3 rings (SSSR count). The molecule has 1 saturated heterocycles. The highest BCUT2D eigenvalue weighted by atomic mass is 15.2. The lowest BCUT2D eigenvalue weighted by Crippen LogP contribution is -2.30. The summed E-state index contributed by atoms with van der Waals surface area (Å²) in [6, 6.07) is 8.25. The molecule has 102 valence electrons. The number of nitrogens with zero attached hydrogens (tertiary/aromatic N) is 3. The van der Waals surface area contributed by atoms with E-state index in [-0.39, 0.29) is 0 Å². The molecule has 0 unspecified atom stereocenters. The van der Waals surface area contributed by atoms with Gasteiger partial charge >= 0.3 is 0 Å². The van der Waals surface area contributed by atoms with E-state index in [1.54, 1.807) is 0 Å². The van der Waals surface area contributed by atoms with Crippen LogP contribution in [0.4, 0.5) is 0 Å². The van der Waals surface area contributed by atoms with E-state index < -0.39 is 0 Å². The van der Waals surface area contributed by atoms with Gasteiger partial charge in [0, 0.05) is 13.1 Å². The minimum Gasteiger partial charge on any atom is -0.341 e. The van der Waals surface area contributed by atoms with Crippen molar-refractivity contribution in [1.29, 1.82) is 0 Å². The zero-order valence-electron chi connectivity index (χ0n) is 11.6. The number of hydrogen-bond donors (Lipinski definition) is 1. The van der Waals surface area contributed by atoms with Crippen LogP contribution in [-0.4, -0.2) is 52.5 Å². The Bertz CT molecular complexity index is 501. The normalized spacial score (nSPS) is 18.8. The number of benzene rings is 1. The third-order valence-corrected chi connectivity index (χ3v) is 3.94. The Morgan fingerprint density at radius 2 is 1.89 bits per heavy atom. The smallest absolute Gasteiger partial charge is 0.121 e. The number of rotatable bonds is 3. The number of nitrogens with one attached hydrogen (secondary N) is 1. The van der Waals surface area contributed by atoms with Crippen LogP contribution in [0.25, 0.3) is 11.0 Å². The second-order valence-corrected chi connectivity index (χ2v) is 5.26. The quantitative estimate of drug-likeness (QED) is 0.915. The van der Waals surface area contributed by atoms with Gasteiger partial charge in [0.05, 0.1) is 17.6 Å². The monoisotopic (exact) mass is 258 g/mol. The van der Waals surface area contributed by atoms with E-state index in [4.69, 9.17) is 0 Å². The van der Waals surface area contributed by atoms with Gasteiger partial charge in [0.2, 0.25) is 0 Å². The van der Waals surface area contributed by atoms with Crippen LogP contribution in [-0.2, 0) is 6.54 Å². The second-order valence-electron chi connectivity index (χ2n) is 5.26. The molecule has 19 heavy (non-hydrogen) atoms. The van der Waals surface area contributed by atoms with Gasteiger partial charge in [-0.1, -0.05) is 19.1 Å². The van der Waals surface area contributed by atoms with Gasteiger partial charge in [-0.25, -0.2) is 4.98 Å². The largest absolute Gasteiger partial charge is 0.341 e. The standard InChI is InChI=1S/C15H22N4/c1-2-18-8-5-9-19(11-10-18)12-15-16-13-6-3-4-7-14(13)17-15/h3-4,6-7H,2,5,8-12H2,1H3,(H,16,17). The fourth-order valence-electron chi connectivity index (χ4n) is 2.79. The molecule has 1 aromatic heterocycles.